The highest BCUT2D eigenvalue weighted by Gasteiger charge is 2.25. The van der Waals surface area contributed by atoms with Crippen LogP contribution in [-0.4, -0.2) is 42.6 Å². The molecule has 0 aliphatic heterocycles. The van der Waals surface area contributed by atoms with Crippen molar-refractivity contribution >= 4 is 28.7 Å². The molecule has 0 saturated carbocycles. The van der Waals surface area contributed by atoms with Crippen LogP contribution in [0, 0.1) is 0 Å². The number of hydrogen-bond donors (Lipinski definition) is 2. The number of fused-ring (bicyclic) bond motifs is 1. The van der Waals surface area contributed by atoms with Gasteiger partial charge in [0.05, 0.1) is 7.11 Å². The van der Waals surface area contributed by atoms with Gasteiger partial charge in [0.25, 0.3) is 0 Å². The van der Waals surface area contributed by atoms with Crippen molar-refractivity contribution in [2.75, 3.05) is 13.7 Å². The number of benzene rings is 1. The third kappa shape index (κ3) is 3.43. The number of alkyl carbamates (subject to hydrolysis) is 1. The summed E-state index contributed by atoms with van der Waals surface area (Å²) in [7, 11) is 1.19. The van der Waals surface area contributed by atoms with E-state index in [-0.39, 0.29) is 12.4 Å². The normalized spacial score (nSPS) is 11.7. The minimum absolute atomic E-state index is 0.261. The Hall–Kier alpha value is -2.83. The molecule has 0 unspecified atom stereocenters. The van der Waals surface area contributed by atoms with Crippen molar-refractivity contribution < 1.29 is 23.9 Å². The molecule has 2 aromatic rings. The first kappa shape index (κ1) is 15.6. The number of carbonyl (C=O) groups excluding carboxylic acids is 3. The predicted octanol–water partition coefficient (Wildman–Crippen LogP) is 1.64. The Morgan fingerprint density at radius 3 is 2.68 bits per heavy atom. The van der Waals surface area contributed by atoms with Gasteiger partial charge in [-0.2, -0.15) is 0 Å². The average molecular weight is 304 g/mol. The molecule has 0 radical (unpaired) electrons. The second-order valence-corrected chi connectivity index (χ2v) is 4.60. The third-order valence-electron chi connectivity index (χ3n) is 3.10. The van der Waals surface area contributed by atoms with Crippen LogP contribution in [0.3, 0.4) is 0 Å². The van der Waals surface area contributed by atoms with Crippen LogP contribution in [0.4, 0.5) is 4.79 Å². The van der Waals surface area contributed by atoms with Crippen LogP contribution in [-0.2, 0) is 14.3 Å². The fourth-order valence-corrected chi connectivity index (χ4v) is 2.05. The summed E-state index contributed by atoms with van der Waals surface area (Å²) in [6.07, 6.45) is 0.789. The van der Waals surface area contributed by atoms with Gasteiger partial charge in [0, 0.05) is 29.6 Å². The first-order valence-electron chi connectivity index (χ1n) is 6.61. The maximum atomic E-state index is 12.6. The van der Waals surface area contributed by atoms with Gasteiger partial charge >= 0.3 is 12.1 Å². The quantitative estimate of drug-likeness (QED) is 0.646. The number of hydrogen-bond acceptors (Lipinski definition) is 5. The van der Waals surface area contributed by atoms with Gasteiger partial charge < -0.3 is 19.8 Å². The van der Waals surface area contributed by atoms with Crippen LogP contribution in [0.5, 0.6) is 0 Å². The van der Waals surface area contributed by atoms with Gasteiger partial charge in [-0.15, -0.1) is 0 Å². The summed E-state index contributed by atoms with van der Waals surface area (Å²) in [6.45, 7) is 0.966. The van der Waals surface area contributed by atoms with Gasteiger partial charge in [-0.05, 0) is 6.07 Å². The van der Waals surface area contributed by atoms with Crippen molar-refractivity contribution in [3.05, 3.63) is 36.0 Å². The summed E-state index contributed by atoms with van der Waals surface area (Å²) in [4.78, 5) is 37.9. The molecule has 2 N–H and O–H groups in total. The maximum Gasteiger partial charge on any atom is 0.407 e. The minimum Gasteiger partial charge on any atom is -0.463 e. The van der Waals surface area contributed by atoms with Crippen molar-refractivity contribution in [3.63, 3.8) is 0 Å². The van der Waals surface area contributed by atoms with Crippen LogP contribution in [0.15, 0.2) is 30.5 Å². The molecule has 7 nitrogen and oxygen atoms in total. The highest BCUT2D eigenvalue weighted by Crippen LogP contribution is 2.19. The number of ether oxygens (including phenoxy) is 2. The number of amides is 1. The van der Waals surface area contributed by atoms with Crippen LogP contribution in [0.25, 0.3) is 10.9 Å². The predicted molar refractivity (Wildman–Crippen MR) is 78.6 cm³/mol. The number of methoxy groups -OCH3 is 1. The number of ketones is 1. The molecule has 0 bridgehead atoms. The molecule has 22 heavy (non-hydrogen) atoms. The number of H-pyrrole nitrogens is 1. The number of nitrogens with one attached hydrogen (secondary N) is 2. The summed E-state index contributed by atoms with van der Waals surface area (Å²) in [5, 5.41) is 3.10. The topological polar surface area (TPSA) is 97.5 Å². The second-order valence-electron chi connectivity index (χ2n) is 4.60. The van der Waals surface area contributed by atoms with Crippen molar-refractivity contribution in [3.8, 4) is 0 Å². The van der Waals surface area contributed by atoms with Gasteiger partial charge in [0.2, 0.25) is 0 Å². The molecule has 0 fully saturated rings. The summed E-state index contributed by atoms with van der Waals surface area (Å²) in [5.74, 6) is -0.910. The lowest BCUT2D eigenvalue weighted by Gasteiger charge is -2.16. The van der Waals surface area contributed by atoms with E-state index in [0.717, 1.165) is 10.9 Å². The van der Waals surface area contributed by atoms with Crippen molar-refractivity contribution in [2.45, 2.75) is 13.0 Å². The van der Waals surface area contributed by atoms with Crippen LogP contribution in [0.2, 0.25) is 0 Å². The Kier molecular flexibility index (Phi) is 4.77. The molecule has 1 heterocycles. The van der Waals surface area contributed by atoms with Crippen LogP contribution >= 0.6 is 0 Å². The fraction of sp³-hybridized carbons (Fsp3) is 0.267. The van der Waals surface area contributed by atoms with E-state index in [1.54, 1.807) is 12.3 Å². The molecule has 1 aromatic heterocycles. The molecule has 2 rings (SSSR count). The minimum atomic E-state index is -1.02. The highest BCUT2D eigenvalue weighted by molar-refractivity contribution is 6.11. The number of para-hydroxylation sites is 1. The van der Waals surface area contributed by atoms with Crippen molar-refractivity contribution in [2.24, 2.45) is 0 Å². The fourth-order valence-electron chi connectivity index (χ4n) is 2.05. The Morgan fingerprint density at radius 1 is 1.27 bits per heavy atom. The third-order valence-corrected chi connectivity index (χ3v) is 3.10. The lowest BCUT2D eigenvalue weighted by molar-refractivity contribution is -0.141. The molecular formula is C15H16N2O5. The van der Waals surface area contributed by atoms with Crippen LogP contribution < -0.4 is 5.32 Å². The van der Waals surface area contributed by atoms with E-state index in [4.69, 9.17) is 4.74 Å². The van der Waals surface area contributed by atoms with Gasteiger partial charge in [-0.25, -0.2) is 4.79 Å². The Morgan fingerprint density at radius 2 is 2.00 bits per heavy atom. The van der Waals surface area contributed by atoms with Gasteiger partial charge in [0.1, 0.15) is 12.6 Å². The summed E-state index contributed by atoms with van der Waals surface area (Å²) in [6, 6.07) is 6.26. The lowest BCUT2D eigenvalue weighted by Crippen LogP contribution is -2.44. The van der Waals surface area contributed by atoms with Crippen molar-refractivity contribution in [1.82, 2.24) is 10.3 Å². The summed E-state index contributed by atoms with van der Waals surface area (Å²) < 4.78 is 9.33. The lowest BCUT2D eigenvalue weighted by atomic mass is 10.0. The zero-order valence-electron chi connectivity index (χ0n) is 12.2. The number of esters is 1. The van der Waals surface area contributed by atoms with Gasteiger partial charge in [0.15, 0.2) is 5.78 Å². The molecule has 116 valence electrons. The van der Waals surface area contributed by atoms with E-state index >= 15 is 0 Å². The van der Waals surface area contributed by atoms with E-state index in [9.17, 15) is 14.4 Å². The largest absolute Gasteiger partial charge is 0.463 e. The number of Topliss-reactive ketones (excluding diaryl/α,β-unsaturated/α-hetero) is 1. The Balaban J connectivity index is 2.27. The van der Waals surface area contributed by atoms with E-state index < -0.39 is 18.1 Å². The molecule has 7 heteroatoms. The van der Waals surface area contributed by atoms with Crippen molar-refractivity contribution in [1.29, 1.82) is 0 Å². The number of carbonyl (C=O) groups is 3. The smallest absolute Gasteiger partial charge is 0.407 e. The number of rotatable bonds is 5. The van der Waals surface area contributed by atoms with Gasteiger partial charge in [-0.1, -0.05) is 18.2 Å². The molecular weight excluding hydrogens is 288 g/mol. The number of aromatic amines is 1. The average Bonchev–Trinajstić information content (AvgIpc) is 2.94. The summed E-state index contributed by atoms with van der Waals surface area (Å²) >= 11 is 0. The van der Waals surface area contributed by atoms with Crippen LogP contribution in [0.1, 0.15) is 17.3 Å². The molecule has 0 aliphatic carbocycles. The zero-order valence-corrected chi connectivity index (χ0v) is 12.2. The van der Waals surface area contributed by atoms with E-state index in [1.807, 2.05) is 18.2 Å². The standard InChI is InChI=1S/C15H16N2O5/c1-9(18)22-8-13(17-15(20)21-2)14(19)11-7-16-12-6-4-3-5-10(11)12/h3-7,13,16H,8H2,1-2H3,(H,17,20)/t13-/m1/s1. The Bertz CT molecular complexity index is 707. The van der Waals surface area contributed by atoms with E-state index in [0.29, 0.717) is 5.56 Å². The first-order valence-corrected chi connectivity index (χ1v) is 6.61. The monoisotopic (exact) mass is 304 g/mol. The molecule has 0 saturated heterocycles. The highest BCUT2D eigenvalue weighted by atomic mass is 16.5. The zero-order chi connectivity index (χ0) is 16.1. The molecule has 1 aromatic carbocycles. The second kappa shape index (κ2) is 6.75. The van der Waals surface area contributed by atoms with Gasteiger partial charge in [-0.3, -0.25) is 9.59 Å². The Labute approximate surface area is 126 Å². The number of aromatic nitrogens is 1. The molecule has 0 spiro atoms. The molecule has 1 amide bonds. The van der Waals surface area contributed by atoms with E-state index in [1.165, 1.54) is 14.0 Å². The maximum absolute atomic E-state index is 12.6. The first-order chi connectivity index (χ1) is 10.5. The summed E-state index contributed by atoms with van der Waals surface area (Å²) in [5.41, 5.74) is 1.21. The SMILES string of the molecule is COC(=O)N[C@H](COC(C)=O)C(=O)c1c[nH]c2ccccc12. The van der Waals surface area contributed by atoms with E-state index in [2.05, 4.69) is 15.0 Å². The molecule has 1 atom stereocenters. The molecule has 0 aliphatic rings.